The zero-order valence-corrected chi connectivity index (χ0v) is 13.2. The molecule has 8 heteroatoms. The van der Waals surface area contributed by atoms with E-state index in [0.717, 1.165) is 10.7 Å². The molecule has 0 aromatic carbocycles. The van der Waals surface area contributed by atoms with Gasteiger partial charge in [-0.15, -0.1) is 11.3 Å². The molecule has 2 aromatic heterocycles. The number of anilines is 2. The molecule has 0 saturated carbocycles. The van der Waals surface area contributed by atoms with E-state index in [0.29, 0.717) is 23.7 Å². The van der Waals surface area contributed by atoms with Gasteiger partial charge in [-0.1, -0.05) is 0 Å². The number of thiazole rings is 1. The lowest BCUT2D eigenvalue weighted by atomic mass is 10.3. The first-order valence-electron chi connectivity index (χ1n) is 6.07. The summed E-state index contributed by atoms with van der Waals surface area (Å²) in [5.74, 6) is -0.222. The van der Waals surface area contributed by atoms with E-state index in [4.69, 9.17) is 10.5 Å². The van der Waals surface area contributed by atoms with Crippen molar-refractivity contribution in [2.24, 2.45) is 0 Å². The Kier molecular flexibility index (Phi) is 4.56. The molecule has 0 aliphatic heterocycles. The summed E-state index contributed by atoms with van der Waals surface area (Å²) in [7, 11) is 1.88. The van der Waals surface area contributed by atoms with Crippen LogP contribution in [-0.2, 0) is 11.3 Å². The Balaban J connectivity index is 2.21. The maximum absolute atomic E-state index is 11.9. The summed E-state index contributed by atoms with van der Waals surface area (Å²) >= 11 is 2.79. The zero-order chi connectivity index (χ0) is 14.7. The summed E-state index contributed by atoms with van der Waals surface area (Å²) in [5, 5.41) is 3.72. The van der Waals surface area contributed by atoms with Crippen molar-refractivity contribution in [2.75, 3.05) is 24.3 Å². The summed E-state index contributed by atoms with van der Waals surface area (Å²) < 4.78 is 9.07. The van der Waals surface area contributed by atoms with Crippen LogP contribution >= 0.6 is 22.9 Å². The predicted molar refractivity (Wildman–Crippen MR) is 81.4 cm³/mol. The van der Waals surface area contributed by atoms with Gasteiger partial charge in [0.05, 0.1) is 23.9 Å². The maximum atomic E-state index is 11.9. The molecule has 6 nitrogen and oxygen atoms in total. The summed E-state index contributed by atoms with van der Waals surface area (Å²) in [5.41, 5.74) is 7.06. The molecular formula is C12H16N4O2S2. The van der Waals surface area contributed by atoms with Gasteiger partial charge < -0.3 is 15.4 Å². The van der Waals surface area contributed by atoms with E-state index in [9.17, 15) is 4.79 Å². The van der Waals surface area contributed by atoms with E-state index in [1.165, 1.54) is 11.5 Å². The molecule has 0 unspecified atom stereocenters. The number of aryl methyl sites for hydroxylation is 1. The van der Waals surface area contributed by atoms with E-state index < -0.39 is 5.97 Å². The normalized spacial score (nSPS) is 10.6. The Bertz CT molecular complexity index is 608. The van der Waals surface area contributed by atoms with Crippen LogP contribution in [0.15, 0.2) is 5.38 Å². The highest BCUT2D eigenvalue weighted by Crippen LogP contribution is 2.31. The maximum Gasteiger partial charge on any atom is 0.345 e. The van der Waals surface area contributed by atoms with Crippen molar-refractivity contribution in [1.29, 1.82) is 0 Å². The summed E-state index contributed by atoms with van der Waals surface area (Å²) in [6.45, 7) is 4.62. The molecule has 2 rings (SSSR count). The smallest absolute Gasteiger partial charge is 0.345 e. The molecule has 0 spiro atoms. The van der Waals surface area contributed by atoms with Gasteiger partial charge in [-0.05, 0) is 25.4 Å². The second kappa shape index (κ2) is 6.19. The van der Waals surface area contributed by atoms with Crippen LogP contribution in [0.5, 0.6) is 0 Å². The van der Waals surface area contributed by atoms with Gasteiger partial charge in [0.1, 0.15) is 10.6 Å². The van der Waals surface area contributed by atoms with Gasteiger partial charge in [-0.3, -0.25) is 0 Å². The molecule has 2 heterocycles. The minimum Gasteiger partial charge on any atom is -0.462 e. The van der Waals surface area contributed by atoms with Gasteiger partial charge in [0.2, 0.25) is 0 Å². The number of carbonyl (C=O) groups is 1. The van der Waals surface area contributed by atoms with Crippen LogP contribution in [0.2, 0.25) is 0 Å². The molecule has 0 aliphatic carbocycles. The van der Waals surface area contributed by atoms with Gasteiger partial charge in [-0.2, -0.15) is 4.37 Å². The number of nitrogen functional groups attached to an aromatic ring is 1. The Labute approximate surface area is 125 Å². The fraction of sp³-hybridized carbons (Fsp3) is 0.417. The van der Waals surface area contributed by atoms with Crippen LogP contribution in [0, 0.1) is 6.92 Å². The Morgan fingerprint density at radius 1 is 1.55 bits per heavy atom. The van der Waals surface area contributed by atoms with Crippen LogP contribution in [0.1, 0.15) is 28.0 Å². The van der Waals surface area contributed by atoms with Crippen LogP contribution < -0.4 is 10.6 Å². The van der Waals surface area contributed by atoms with Crippen molar-refractivity contribution in [1.82, 2.24) is 9.36 Å². The van der Waals surface area contributed by atoms with E-state index in [-0.39, 0.29) is 5.82 Å². The third-order valence-electron chi connectivity index (χ3n) is 2.59. The molecule has 20 heavy (non-hydrogen) atoms. The van der Waals surface area contributed by atoms with Crippen LogP contribution in [-0.4, -0.2) is 29.0 Å². The number of aromatic nitrogens is 2. The molecule has 108 valence electrons. The number of nitrogens with zero attached hydrogens (tertiary/aromatic N) is 3. The molecule has 2 aromatic rings. The van der Waals surface area contributed by atoms with E-state index in [1.807, 2.05) is 24.3 Å². The first kappa shape index (κ1) is 14.7. The van der Waals surface area contributed by atoms with E-state index >= 15 is 0 Å². The highest BCUT2D eigenvalue weighted by atomic mass is 32.1. The molecule has 0 amide bonds. The number of carbonyl (C=O) groups excluding carboxylic acids is 1. The fourth-order valence-corrected chi connectivity index (χ4v) is 3.11. The number of nitrogens with two attached hydrogens (primary N) is 1. The van der Waals surface area contributed by atoms with Crippen molar-refractivity contribution < 1.29 is 9.53 Å². The molecule has 0 fully saturated rings. The van der Waals surface area contributed by atoms with Crippen LogP contribution in [0.3, 0.4) is 0 Å². The van der Waals surface area contributed by atoms with Crippen LogP contribution in [0.25, 0.3) is 0 Å². The molecule has 0 aliphatic rings. The molecule has 2 N–H and O–H groups in total. The fourth-order valence-electron chi connectivity index (χ4n) is 1.74. The monoisotopic (exact) mass is 312 g/mol. The number of hydrogen-bond donors (Lipinski definition) is 1. The van der Waals surface area contributed by atoms with E-state index in [1.54, 1.807) is 18.3 Å². The average Bonchev–Trinajstić information content (AvgIpc) is 2.96. The third kappa shape index (κ3) is 3.07. The van der Waals surface area contributed by atoms with Crippen LogP contribution in [0.4, 0.5) is 10.8 Å². The second-order valence-electron chi connectivity index (χ2n) is 4.18. The SMILES string of the molecule is CCOC(=O)c1c(N)nsc1N(C)Cc1csc(C)n1. The lowest BCUT2D eigenvalue weighted by molar-refractivity contribution is 0.0528. The lowest BCUT2D eigenvalue weighted by Crippen LogP contribution is -2.19. The first-order valence-corrected chi connectivity index (χ1v) is 7.72. The van der Waals surface area contributed by atoms with Gasteiger partial charge in [0, 0.05) is 12.4 Å². The van der Waals surface area contributed by atoms with Crippen molar-refractivity contribution in [2.45, 2.75) is 20.4 Å². The van der Waals surface area contributed by atoms with Crippen molar-refractivity contribution >= 4 is 39.7 Å². The number of rotatable bonds is 5. The predicted octanol–water partition coefficient (Wildman–Crippen LogP) is 2.30. The summed E-state index contributed by atoms with van der Waals surface area (Å²) in [6, 6.07) is 0. The van der Waals surface area contributed by atoms with Gasteiger partial charge >= 0.3 is 5.97 Å². The third-order valence-corrected chi connectivity index (χ3v) is 4.39. The highest BCUT2D eigenvalue weighted by Gasteiger charge is 2.23. The molecular weight excluding hydrogens is 296 g/mol. The van der Waals surface area contributed by atoms with Crippen molar-refractivity contribution in [3.05, 3.63) is 21.6 Å². The zero-order valence-electron chi connectivity index (χ0n) is 11.5. The summed E-state index contributed by atoms with van der Waals surface area (Å²) in [4.78, 5) is 18.3. The minimum absolute atomic E-state index is 0.213. The quantitative estimate of drug-likeness (QED) is 0.853. The van der Waals surface area contributed by atoms with Crippen molar-refractivity contribution in [3.8, 4) is 0 Å². The number of esters is 1. The minimum atomic E-state index is -0.435. The van der Waals surface area contributed by atoms with Gasteiger partial charge in [0.15, 0.2) is 5.82 Å². The second-order valence-corrected chi connectivity index (χ2v) is 6.00. The Morgan fingerprint density at radius 2 is 2.30 bits per heavy atom. The van der Waals surface area contributed by atoms with Crippen molar-refractivity contribution in [3.63, 3.8) is 0 Å². The average molecular weight is 312 g/mol. The Hall–Kier alpha value is -1.67. The molecule has 0 saturated heterocycles. The summed E-state index contributed by atoms with van der Waals surface area (Å²) in [6.07, 6.45) is 0. The lowest BCUT2D eigenvalue weighted by Gasteiger charge is -2.16. The van der Waals surface area contributed by atoms with E-state index in [2.05, 4.69) is 9.36 Å². The standard InChI is InChI=1S/C12H16N4O2S2/c1-4-18-12(17)9-10(13)15-20-11(9)16(3)5-8-6-19-7(2)14-8/h6H,4-5H2,1-3H3,(H2,13,15). The Morgan fingerprint density at radius 3 is 2.90 bits per heavy atom. The first-order chi connectivity index (χ1) is 9.52. The molecule has 0 bridgehead atoms. The number of ether oxygens (including phenoxy) is 1. The highest BCUT2D eigenvalue weighted by molar-refractivity contribution is 7.11. The van der Waals surface area contributed by atoms with Gasteiger partial charge in [-0.25, -0.2) is 9.78 Å². The molecule has 0 atom stereocenters. The van der Waals surface area contributed by atoms with Gasteiger partial charge in [0.25, 0.3) is 0 Å². The molecule has 0 radical (unpaired) electrons. The number of hydrogen-bond acceptors (Lipinski definition) is 8. The topological polar surface area (TPSA) is 81.3 Å². The largest absolute Gasteiger partial charge is 0.462 e.